The predicted molar refractivity (Wildman–Crippen MR) is 129 cm³/mol. The Morgan fingerprint density at radius 2 is 2.12 bits per heavy atom. The van der Waals surface area contributed by atoms with E-state index in [4.69, 9.17) is 0 Å². The minimum absolute atomic E-state index is 0.0121. The second kappa shape index (κ2) is 7.29. The lowest BCUT2D eigenvalue weighted by Crippen LogP contribution is -2.62. The van der Waals surface area contributed by atoms with Crippen molar-refractivity contribution in [1.29, 1.82) is 0 Å². The van der Waals surface area contributed by atoms with Gasteiger partial charge in [-0.2, -0.15) is 0 Å². The molecule has 6 rings (SSSR count). The van der Waals surface area contributed by atoms with Gasteiger partial charge in [0.15, 0.2) is 10.9 Å². The van der Waals surface area contributed by atoms with Crippen molar-refractivity contribution in [1.82, 2.24) is 9.97 Å². The average molecular weight is 480 g/mol. The van der Waals surface area contributed by atoms with Crippen molar-refractivity contribution in [3.8, 4) is 0 Å². The molecule has 1 amide bonds. The Morgan fingerprint density at radius 1 is 1.29 bits per heavy atom. The maximum Gasteiger partial charge on any atom is 0.258 e. The molecule has 0 bridgehead atoms. The van der Waals surface area contributed by atoms with Crippen molar-refractivity contribution in [3.05, 3.63) is 42.1 Å². The number of hydrogen-bond acceptors (Lipinski definition) is 7. The van der Waals surface area contributed by atoms with Crippen LogP contribution in [0, 0.1) is 28.6 Å². The monoisotopic (exact) mass is 479 g/mol. The quantitative estimate of drug-likeness (QED) is 0.606. The number of ketones is 1. The van der Waals surface area contributed by atoms with E-state index in [0.29, 0.717) is 23.5 Å². The number of aliphatic hydroxyl groups is 2. The number of aromatic nitrogens is 2. The van der Waals surface area contributed by atoms with Crippen LogP contribution < -0.4 is 5.32 Å². The van der Waals surface area contributed by atoms with Crippen molar-refractivity contribution in [3.63, 3.8) is 0 Å². The molecule has 7 nitrogen and oxygen atoms in total. The molecule has 34 heavy (non-hydrogen) atoms. The fourth-order valence-electron chi connectivity index (χ4n) is 7.73. The summed E-state index contributed by atoms with van der Waals surface area (Å²) in [6.45, 7) is 4.09. The van der Waals surface area contributed by atoms with Gasteiger partial charge in [0.1, 0.15) is 15.9 Å². The van der Waals surface area contributed by atoms with Crippen LogP contribution in [0.15, 0.2) is 42.1 Å². The number of fused-ring (bicyclic) bond motifs is 6. The van der Waals surface area contributed by atoms with E-state index in [2.05, 4.69) is 22.2 Å². The van der Waals surface area contributed by atoms with E-state index in [-0.39, 0.29) is 29.0 Å². The summed E-state index contributed by atoms with van der Waals surface area (Å²) >= 11 is 1.29. The molecule has 0 radical (unpaired) electrons. The van der Waals surface area contributed by atoms with Crippen LogP contribution in [-0.2, 0) is 9.59 Å². The lowest BCUT2D eigenvalue weighted by Gasteiger charge is -2.59. The van der Waals surface area contributed by atoms with Gasteiger partial charge in [0.2, 0.25) is 0 Å². The highest BCUT2D eigenvalue weighted by Gasteiger charge is 2.68. The van der Waals surface area contributed by atoms with Crippen LogP contribution in [0.1, 0.15) is 46.0 Å². The van der Waals surface area contributed by atoms with Gasteiger partial charge in [0, 0.05) is 22.9 Å². The normalized spacial score (nSPS) is 40.9. The fraction of sp³-hybridized carbons (Fsp3) is 0.538. The van der Waals surface area contributed by atoms with Gasteiger partial charge in [-0.05, 0) is 68.2 Å². The van der Waals surface area contributed by atoms with Gasteiger partial charge < -0.3 is 10.2 Å². The number of thiazole rings is 1. The number of pyridine rings is 1. The zero-order chi connectivity index (χ0) is 23.9. The van der Waals surface area contributed by atoms with Crippen molar-refractivity contribution < 1.29 is 19.8 Å². The zero-order valence-electron chi connectivity index (χ0n) is 19.3. The van der Waals surface area contributed by atoms with Crippen molar-refractivity contribution in [2.45, 2.75) is 57.7 Å². The summed E-state index contributed by atoms with van der Waals surface area (Å²) in [7, 11) is 0. The summed E-state index contributed by atoms with van der Waals surface area (Å²) in [6.07, 6.45) is 9.42. The minimum Gasteiger partial charge on any atom is -0.393 e. The van der Waals surface area contributed by atoms with E-state index < -0.39 is 23.0 Å². The molecule has 3 fully saturated rings. The molecule has 4 aliphatic carbocycles. The van der Waals surface area contributed by atoms with E-state index >= 15 is 0 Å². The van der Waals surface area contributed by atoms with Crippen LogP contribution in [0.25, 0.3) is 10.3 Å². The third-order valence-corrected chi connectivity index (χ3v) is 10.3. The maximum atomic E-state index is 13.5. The minimum atomic E-state index is -1.59. The summed E-state index contributed by atoms with van der Waals surface area (Å²) in [6, 6.07) is 3.64. The molecule has 178 valence electrons. The first-order valence-electron chi connectivity index (χ1n) is 12.0. The summed E-state index contributed by atoms with van der Waals surface area (Å²) in [5.74, 6) is -0.193. The van der Waals surface area contributed by atoms with Crippen LogP contribution in [0.3, 0.4) is 0 Å². The summed E-state index contributed by atoms with van der Waals surface area (Å²) in [5, 5.41) is 26.6. The maximum absolute atomic E-state index is 13.5. The molecule has 8 heteroatoms. The molecule has 3 saturated carbocycles. The van der Waals surface area contributed by atoms with Crippen LogP contribution in [-0.4, -0.2) is 43.6 Å². The molecule has 4 aliphatic rings. The number of rotatable bonds is 2. The van der Waals surface area contributed by atoms with Gasteiger partial charge in [-0.25, -0.2) is 9.97 Å². The van der Waals surface area contributed by atoms with Crippen molar-refractivity contribution >= 4 is 38.5 Å². The average Bonchev–Trinajstić information content (AvgIpc) is 3.32. The van der Waals surface area contributed by atoms with E-state index in [1.54, 1.807) is 24.4 Å². The van der Waals surface area contributed by atoms with Crippen LogP contribution in [0.2, 0.25) is 0 Å². The van der Waals surface area contributed by atoms with Gasteiger partial charge in [-0.1, -0.05) is 36.8 Å². The molecule has 2 heterocycles. The lowest BCUT2D eigenvalue weighted by atomic mass is 9.46. The number of aliphatic hydroxyl groups excluding tert-OH is 1. The second-order valence-electron chi connectivity index (χ2n) is 10.9. The first-order chi connectivity index (χ1) is 16.2. The number of nitrogens with one attached hydrogen (secondary N) is 1. The number of carbonyl (C=O) groups excluding carboxylic acids is 2. The summed E-state index contributed by atoms with van der Waals surface area (Å²) in [5.41, 5.74) is -0.907. The van der Waals surface area contributed by atoms with Gasteiger partial charge >= 0.3 is 0 Å². The Morgan fingerprint density at radius 3 is 2.91 bits per heavy atom. The molecule has 2 aromatic heterocycles. The number of amides is 1. The highest BCUT2D eigenvalue weighted by molar-refractivity contribution is 7.21. The Hall–Kier alpha value is -2.42. The second-order valence-corrected chi connectivity index (χ2v) is 11.9. The molecular formula is C26H29N3O4S. The molecule has 0 aliphatic heterocycles. The van der Waals surface area contributed by atoms with Gasteiger partial charge in [-0.15, -0.1) is 0 Å². The number of carbonyl (C=O) groups is 2. The molecule has 2 aromatic rings. The van der Waals surface area contributed by atoms with E-state index in [1.165, 1.54) is 11.3 Å². The van der Waals surface area contributed by atoms with Crippen LogP contribution in [0.5, 0.6) is 0 Å². The zero-order valence-corrected chi connectivity index (χ0v) is 20.1. The Bertz CT molecular complexity index is 1240. The third-order valence-electron chi connectivity index (χ3n) is 9.41. The molecule has 0 saturated heterocycles. The SMILES string of the molecule is CC12C=CC(=O)C=C1CCC1C2[C@@H](O)CC2(C)C1CC[C@]2(O)C(=O)Nc1nc2cccnc2s1. The van der Waals surface area contributed by atoms with Gasteiger partial charge in [0.25, 0.3) is 5.91 Å². The number of allylic oxidation sites excluding steroid dienone is 4. The van der Waals surface area contributed by atoms with Gasteiger partial charge in [-0.3, -0.25) is 14.9 Å². The van der Waals surface area contributed by atoms with Crippen molar-refractivity contribution in [2.75, 3.05) is 5.32 Å². The lowest BCUT2D eigenvalue weighted by molar-refractivity contribution is -0.174. The van der Waals surface area contributed by atoms with Gasteiger partial charge in [0.05, 0.1) is 6.10 Å². The largest absolute Gasteiger partial charge is 0.393 e. The smallest absolute Gasteiger partial charge is 0.258 e. The van der Waals surface area contributed by atoms with Crippen molar-refractivity contribution in [2.24, 2.45) is 28.6 Å². The Labute approximate surface area is 202 Å². The third kappa shape index (κ3) is 2.88. The summed E-state index contributed by atoms with van der Waals surface area (Å²) < 4.78 is 0. The molecule has 5 unspecified atom stereocenters. The molecule has 0 aromatic carbocycles. The molecular weight excluding hydrogens is 450 g/mol. The van der Waals surface area contributed by atoms with Crippen LogP contribution >= 0.6 is 11.3 Å². The molecule has 3 N–H and O–H groups in total. The number of nitrogens with zero attached hydrogens (tertiary/aromatic N) is 2. The predicted octanol–water partition coefficient (Wildman–Crippen LogP) is 3.64. The first kappa shape index (κ1) is 22.1. The van der Waals surface area contributed by atoms with Crippen LogP contribution in [0.4, 0.5) is 5.13 Å². The fourth-order valence-corrected chi connectivity index (χ4v) is 8.53. The molecule has 0 spiro atoms. The standard InChI is InChI=1S/C26H29N3O4S/c1-24-9-7-15(30)12-14(24)5-6-16-17-8-10-26(33,25(17,2)13-19(31)20(16)24)22(32)29-23-28-18-4-3-11-27-21(18)34-23/h3-4,7,9,11-12,16-17,19-20,31,33H,5-6,8,10,13H2,1-2H3,(H,28,29,32)/t16?,17?,19-,20?,24?,25?,26-/m0/s1. The summed E-state index contributed by atoms with van der Waals surface area (Å²) in [4.78, 5) is 35.0. The number of hydrogen-bond donors (Lipinski definition) is 3. The van der Waals surface area contributed by atoms with E-state index in [9.17, 15) is 19.8 Å². The Kier molecular flexibility index (Phi) is 4.73. The Balaban J connectivity index is 1.31. The number of anilines is 1. The highest BCUT2D eigenvalue weighted by atomic mass is 32.1. The van der Waals surface area contributed by atoms with E-state index in [0.717, 1.165) is 29.7 Å². The highest BCUT2D eigenvalue weighted by Crippen LogP contribution is 2.67. The first-order valence-corrected chi connectivity index (χ1v) is 12.8. The topological polar surface area (TPSA) is 112 Å². The van der Waals surface area contributed by atoms with E-state index in [1.807, 2.05) is 19.1 Å². The molecule has 7 atom stereocenters.